The standard InChI is InChI=1S/C16H26FO8PS/c1-4-22-26(18,23-5-2)16(17)25-15(13-24-27(3,19)20)12-21-11-14-9-7-6-8-10-14/h6-10,15-16H,4-5,11-13H2,1-3H3. The fourth-order valence-corrected chi connectivity index (χ4v) is 3.71. The molecule has 0 amide bonds. The lowest BCUT2D eigenvalue weighted by molar-refractivity contribution is -0.0995. The largest absolute Gasteiger partial charge is 0.391 e. The quantitative estimate of drug-likeness (QED) is 0.329. The van der Waals surface area contributed by atoms with Crippen LogP contribution in [-0.4, -0.2) is 53.3 Å². The highest BCUT2D eigenvalue weighted by molar-refractivity contribution is 7.85. The van der Waals surface area contributed by atoms with Crippen LogP contribution in [0.2, 0.25) is 0 Å². The molecule has 1 rings (SSSR count). The molecule has 1 aromatic rings. The zero-order chi connectivity index (χ0) is 20.3. The van der Waals surface area contributed by atoms with E-state index in [1.165, 1.54) is 13.8 Å². The van der Waals surface area contributed by atoms with Crippen LogP contribution < -0.4 is 0 Å². The Balaban J connectivity index is 2.72. The van der Waals surface area contributed by atoms with E-state index in [-0.39, 0.29) is 26.4 Å². The first-order valence-electron chi connectivity index (χ1n) is 8.34. The zero-order valence-electron chi connectivity index (χ0n) is 15.6. The van der Waals surface area contributed by atoms with Gasteiger partial charge >= 0.3 is 13.7 Å². The van der Waals surface area contributed by atoms with Crippen molar-refractivity contribution in [2.45, 2.75) is 32.7 Å². The smallest absolute Gasteiger partial charge is 0.374 e. The SMILES string of the molecule is CCOP(=O)(OCC)C(F)OC(COCc1ccccc1)COS(C)(=O)=O. The first kappa shape index (κ1) is 24.2. The normalized spacial score (nSPS) is 14.8. The topological polar surface area (TPSA) is 97.4 Å². The van der Waals surface area contributed by atoms with Gasteiger partial charge in [-0.05, 0) is 19.4 Å². The van der Waals surface area contributed by atoms with Crippen LogP contribution in [0, 0.1) is 0 Å². The van der Waals surface area contributed by atoms with Crippen LogP contribution in [0.15, 0.2) is 30.3 Å². The second-order valence-corrected chi connectivity index (χ2v) is 9.06. The van der Waals surface area contributed by atoms with Crippen LogP contribution in [0.5, 0.6) is 0 Å². The molecule has 0 fully saturated rings. The van der Waals surface area contributed by atoms with Gasteiger partial charge in [-0.2, -0.15) is 8.42 Å². The van der Waals surface area contributed by atoms with Gasteiger partial charge in [0, 0.05) is 0 Å². The highest BCUT2D eigenvalue weighted by atomic mass is 32.2. The number of hydrogen-bond donors (Lipinski definition) is 0. The lowest BCUT2D eigenvalue weighted by Gasteiger charge is -2.24. The Labute approximate surface area is 159 Å². The van der Waals surface area contributed by atoms with Crippen LogP contribution in [0.4, 0.5) is 4.39 Å². The van der Waals surface area contributed by atoms with Crippen LogP contribution in [0.1, 0.15) is 19.4 Å². The number of alkyl halides is 1. The Hall–Kier alpha value is -0.870. The molecule has 2 unspecified atom stereocenters. The number of halogens is 1. The van der Waals surface area contributed by atoms with Crippen LogP contribution in [-0.2, 0) is 44.0 Å². The molecule has 0 heterocycles. The lowest BCUT2D eigenvalue weighted by atomic mass is 10.2. The van der Waals surface area contributed by atoms with Crippen molar-refractivity contribution in [2.24, 2.45) is 0 Å². The molecule has 0 aliphatic rings. The number of benzene rings is 1. The Morgan fingerprint density at radius 2 is 1.67 bits per heavy atom. The van der Waals surface area contributed by atoms with Gasteiger partial charge in [-0.1, -0.05) is 30.3 Å². The van der Waals surface area contributed by atoms with Gasteiger partial charge in [-0.3, -0.25) is 8.75 Å². The molecule has 0 saturated heterocycles. The minimum absolute atomic E-state index is 0.0456. The molecule has 0 aliphatic carbocycles. The highest BCUT2D eigenvalue weighted by Gasteiger charge is 2.39. The van der Waals surface area contributed by atoms with Crippen molar-refractivity contribution in [1.82, 2.24) is 0 Å². The summed E-state index contributed by atoms with van der Waals surface area (Å²) < 4.78 is 74.2. The molecule has 0 N–H and O–H groups in total. The summed E-state index contributed by atoms with van der Waals surface area (Å²) in [6.07, 6.45) is -2.70. The predicted molar refractivity (Wildman–Crippen MR) is 97.5 cm³/mol. The lowest BCUT2D eigenvalue weighted by Crippen LogP contribution is -2.30. The Kier molecular flexibility index (Phi) is 10.6. The number of ether oxygens (including phenoxy) is 2. The van der Waals surface area contributed by atoms with E-state index in [1.807, 2.05) is 30.3 Å². The summed E-state index contributed by atoms with van der Waals surface area (Å²) in [6.45, 7) is 2.48. The fraction of sp³-hybridized carbons (Fsp3) is 0.625. The van der Waals surface area contributed by atoms with Gasteiger partial charge in [0.15, 0.2) is 0 Å². The van der Waals surface area contributed by atoms with Gasteiger partial charge in [0.2, 0.25) is 0 Å². The van der Waals surface area contributed by atoms with Crippen molar-refractivity contribution < 1.29 is 40.1 Å². The van der Waals surface area contributed by atoms with Crippen LogP contribution >= 0.6 is 7.60 Å². The van der Waals surface area contributed by atoms with E-state index in [4.69, 9.17) is 18.5 Å². The third-order valence-corrected chi connectivity index (χ3v) is 5.47. The third kappa shape index (κ3) is 9.75. The summed E-state index contributed by atoms with van der Waals surface area (Å²) in [6, 6.07) is 9.18. The van der Waals surface area contributed by atoms with E-state index in [0.29, 0.717) is 0 Å². The van der Waals surface area contributed by atoms with E-state index < -0.39 is 36.5 Å². The molecule has 0 radical (unpaired) electrons. The third-order valence-electron chi connectivity index (χ3n) is 3.05. The Morgan fingerprint density at radius 1 is 1.07 bits per heavy atom. The summed E-state index contributed by atoms with van der Waals surface area (Å²) in [7, 11) is -7.95. The second kappa shape index (κ2) is 11.9. The van der Waals surface area contributed by atoms with E-state index >= 15 is 0 Å². The predicted octanol–water partition coefficient (Wildman–Crippen LogP) is 3.08. The van der Waals surface area contributed by atoms with Crippen molar-refractivity contribution in [2.75, 3.05) is 32.7 Å². The van der Waals surface area contributed by atoms with Crippen LogP contribution in [0.25, 0.3) is 0 Å². The van der Waals surface area contributed by atoms with Crippen molar-refractivity contribution in [3.05, 3.63) is 35.9 Å². The Bertz CT molecular complexity index is 675. The van der Waals surface area contributed by atoms with Gasteiger partial charge in [0.1, 0.15) is 6.10 Å². The molecular weight excluding hydrogens is 402 g/mol. The Morgan fingerprint density at radius 3 is 2.19 bits per heavy atom. The van der Waals surface area contributed by atoms with Gasteiger partial charge in [-0.15, -0.1) is 0 Å². The molecule has 0 aliphatic heterocycles. The maximum absolute atomic E-state index is 14.4. The minimum Gasteiger partial charge on any atom is -0.374 e. The van der Waals surface area contributed by atoms with Crippen molar-refractivity contribution in [3.63, 3.8) is 0 Å². The summed E-state index contributed by atoms with van der Waals surface area (Å²) in [5.41, 5.74) is 0.867. The van der Waals surface area contributed by atoms with Gasteiger partial charge in [0.25, 0.3) is 10.1 Å². The average molecular weight is 428 g/mol. The van der Waals surface area contributed by atoms with Crippen molar-refractivity contribution >= 4 is 17.7 Å². The summed E-state index contributed by atoms with van der Waals surface area (Å²) >= 11 is 0. The summed E-state index contributed by atoms with van der Waals surface area (Å²) in [5, 5.41) is 0. The number of hydrogen-bond acceptors (Lipinski definition) is 8. The van der Waals surface area contributed by atoms with Gasteiger partial charge < -0.3 is 18.5 Å². The molecular formula is C16H26FO8PS. The molecule has 2 atom stereocenters. The molecule has 11 heteroatoms. The van der Waals surface area contributed by atoms with Gasteiger partial charge in [0.05, 0.1) is 39.3 Å². The first-order chi connectivity index (χ1) is 12.7. The molecule has 0 aromatic heterocycles. The van der Waals surface area contributed by atoms with E-state index in [0.717, 1.165) is 11.8 Å². The van der Waals surface area contributed by atoms with E-state index in [1.54, 1.807) is 0 Å². The van der Waals surface area contributed by atoms with Crippen molar-refractivity contribution in [1.29, 1.82) is 0 Å². The second-order valence-electron chi connectivity index (χ2n) is 5.41. The monoisotopic (exact) mass is 428 g/mol. The molecule has 156 valence electrons. The fourth-order valence-electron chi connectivity index (χ4n) is 1.96. The molecule has 1 aromatic carbocycles. The molecule has 27 heavy (non-hydrogen) atoms. The molecule has 0 spiro atoms. The number of rotatable bonds is 14. The average Bonchev–Trinajstić information content (AvgIpc) is 2.60. The van der Waals surface area contributed by atoms with E-state index in [9.17, 15) is 17.4 Å². The zero-order valence-corrected chi connectivity index (χ0v) is 17.3. The highest BCUT2D eigenvalue weighted by Crippen LogP contribution is 2.54. The molecule has 8 nitrogen and oxygen atoms in total. The maximum Gasteiger partial charge on any atom is 0.391 e. The first-order valence-corrected chi connectivity index (χ1v) is 11.8. The van der Waals surface area contributed by atoms with Crippen LogP contribution in [0.3, 0.4) is 0 Å². The maximum atomic E-state index is 14.4. The summed E-state index contributed by atoms with van der Waals surface area (Å²) in [4.78, 5) is 0. The molecule has 0 bridgehead atoms. The molecule has 0 saturated carbocycles. The van der Waals surface area contributed by atoms with Crippen molar-refractivity contribution in [3.8, 4) is 0 Å². The summed E-state index contributed by atoms with van der Waals surface area (Å²) in [5.74, 6) is 0. The minimum atomic E-state index is -4.17. The van der Waals surface area contributed by atoms with E-state index in [2.05, 4.69) is 4.18 Å². The van der Waals surface area contributed by atoms with Gasteiger partial charge in [-0.25, -0.2) is 4.39 Å².